The van der Waals surface area contributed by atoms with Crippen LogP contribution in [0.3, 0.4) is 0 Å². The van der Waals surface area contributed by atoms with Crippen molar-refractivity contribution in [2.45, 2.75) is 45.4 Å². The molecule has 4 rings (SSSR count). The van der Waals surface area contributed by atoms with Crippen molar-refractivity contribution >= 4 is 11.9 Å². The molecule has 0 bridgehead atoms. The summed E-state index contributed by atoms with van der Waals surface area (Å²) in [5.74, 6) is 0.902. The van der Waals surface area contributed by atoms with Gasteiger partial charge in [-0.1, -0.05) is 18.9 Å². The lowest BCUT2D eigenvalue weighted by Gasteiger charge is -2.33. The second kappa shape index (κ2) is 6.50. The molecular formula is C17H24N6O2. The molecule has 8 heteroatoms. The van der Waals surface area contributed by atoms with Crippen LogP contribution >= 0.6 is 0 Å². The summed E-state index contributed by atoms with van der Waals surface area (Å²) in [6, 6.07) is 0.549. The molecule has 2 aliphatic rings. The number of hydrogen-bond acceptors (Lipinski definition) is 6. The number of aryl methyl sites for hydroxylation is 1. The van der Waals surface area contributed by atoms with Crippen LogP contribution in [0, 0.1) is 0 Å². The molecule has 134 valence electrons. The Morgan fingerprint density at radius 1 is 1.12 bits per heavy atom. The van der Waals surface area contributed by atoms with E-state index in [0.29, 0.717) is 43.8 Å². The van der Waals surface area contributed by atoms with E-state index in [1.807, 2.05) is 23.6 Å². The van der Waals surface area contributed by atoms with Crippen molar-refractivity contribution in [3.8, 4) is 0 Å². The maximum Gasteiger partial charge on any atom is 0.318 e. The number of nitrogens with zero attached hydrogens (tertiary/aromatic N) is 5. The molecule has 25 heavy (non-hydrogen) atoms. The quantitative estimate of drug-likeness (QED) is 0.912. The Kier molecular flexibility index (Phi) is 4.19. The van der Waals surface area contributed by atoms with Crippen molar-refractivity contribution in [2.24, 2.45) is 0 Å². The lowest BCUT2D eigenvalue weighted by molar-refractivity contribution is 0.0737. The first kappa shape index (κ1) is 16.1. The minimum atomic E-state index is 0.0347. The van der Waals surface area contributed by atoms with Crippen LogP contribution < -0.4 is 4.90 Å². The van der Waals surface area contributed by atoms with Crippen molar-refractivity contribution in [1.29, 1.82) is 0 Å². The number of carbonyl (C=O) groups excluding carboxylic acids is 1. The molecule has 0 aromatic carbocycles. The van der Waals surface area contributed by atoms with Crippen LogP contribution in [0.2, 0.25) is 0 Å². The summed E-state index contributed by atoms with van der Waals surface area (Å²) in [5, 5.41) is 15.6. The van der Waals surface area contributed by atoms with E-state index in [1.54, 1.807) is 0 Å². The average Bonchev–Trinajstić information content (AvgIpc) is 3.29. The van der Waals surface area contributed by atoms with Gasteiger partial charge in [-0.3, -0.25) is 9.89 Å². The third-order valence-electron chi connectivity index (χ3n) is 5.02. The predicted molar refractivity (Wildman–Crippen MR) is 91.7 cm³/mol. The van der Waals surface area contributed by atoms with Crippen LogP contribution in [0.4, 0.5) is 6.01 Å². The second-order valence-electron chi connectivity index (χ2n) is 7.09. The SMILES string of the molecule is CC(C)c1nnc(N2CCN(C(=O)c3n[nH]c4c3CCCC4)CC2)o1. The fraction of sp³-hybridized carbons (Fsp3) is 0.647. The van der Waals surface area contributed by atoms with Crippen LogP contribution in [0.5, 0.6) is 0 Å². The van der Waals surface area contributed by atoms with Crippen molar-refractivity contribution < 1.29 is 9.21 Å². The molecule has 2 aromatic rings. The number of amides is 1. The van der Waals surface area contributed by atoms with E-state index in [4.69, 9.17) is 4.42 Å². The maximum absolute atomic E-state index is 12.8. The molecule has 1 fully saturated rings. The first-order valence-corrected chi connectivity index (χ1v) is 9.07. The molecule has 1 N–H and O–H groups in total. The number of nitrogens with one attached hydrogen (secondary N) is 1. The number of hydrogen-bond donors (Lipinski definition) is 1. The highest BCUT2D eigenvalue weighted by Crippen LogP contribution is 2.24. The van der Waals surface area contributed by atoms with Gasteiger partial charge in [0.25, 0.3) is 5.91 Å². The zero-order valence-corrected chi connectivity index (χ0v) is 14.8. The van der Waals surface area contributed by atoms with Crippen LogP contribution in [0.25, 0.3) is 0 Å². The number of rotatable bonds is 3. The Bertz CT molecular complexity index is 757. The molecule has 0 radical (unpaired) electrons. The zero-order valence-electron chi connectivity index (χ0n) is 14.8. The molecule has 0 spiro atoms. The van der Waals surface area contributed by atoms with Gasteiger partial charge < -0.3 is 14.2 Å². The van der Waals surface area contributed by atoms with Gasteiger partial charge in [-0.15, -0.1) is 5.10 Å². The number of aromatic amines is 1. The van der Waals surface area contributed by atoms with Gasteiger partial charge in [0.05, 0.1) is 0 Å². The van der Waals surface area contributed by atoms with Gasteiger partial charge in [0.15, 0.2) is 5.69 Å². The average molecular weight is 344 g/mol. The molecule has 1 saturated heterocycles. The van der Waals surface area contributed by atoms with Gasteiger partial charge in [0.1, 0.15) is 0 Å². The van der Waals surface area contributed by atoms with Gasteiger partial charge in [0.2, 0.25) is 5.89 Å². The number of carbonyl (C=O) groups is 1. The number of piperazine rings is 1. The normalized spacial score (nSPS) is 17.9. The summed E-state index contributed by atoms with van der Waals surface area (Å²) in [7, 11) is 0. The first-order chi connectivity index (χ1) is 12.1. The molecule has 0 saturated carbocycles. The maximum atomic E-state index is 12.8. The van der Waals surface area contributed by atoms with E-state index in [1.165, 1.54) is 6.42 Å². The summed E-state index contributed by atoms with van der Waals surface area (Å²) >= 11 is 0. The lowest BCUT2D eigenvalue weighted by atomic mass is 9.95. The Morgan fingerprint density at radius 3 is 2.60 bits per heavy atom. The fourth-order valence-electron chi connectivity index (χ4n) is 3.50. The monoisotopic (exact) mass is 344 g/mol. The van der Waals surface area contributed by atoms with E-state index < -0.39 is 0 Å². The van der Waals surface area contributed by atoms with E-state index in [0.717, 1.165) is 30.5 Å². The largest absolute Gasteiger partial charge is 0.408 e. The van der Waals surface area contributed by atoms with Crippen LogP contribution in [-0.2, 0) is 12.8 Å². The summed E-state index contributed by atoms with van der Waals surface area (Å²) < 4.78 is 5.71. The Morgan fingerprint density at radius 2 is 1.88 bits per heavy atom. The van der Waals surface area contributed by atoms with E-state index in [9.17, 15) is 4.79 Å². The van der Waals surface area contributed by atoms with Crippen molar-refractivity contribution in [3.05, 3.63) is 22.8 Å². The highest BCUT2D eigenvalue weighted by Gasteiger charge is 2.29. The Labute approximate surface area is 146 Å². The topological polar surface area (TPSA) is 91.2 Å². The number of aromatic nitrogens is 4. The molecule has 0 atom stereocenters. The Hall–Kier alpha value is -2.38. The third-order valence-corrected chi connectivity index (χ3v) is 5.02. The highest BCUT2D eigenvalue weighted by molar-refractivity contribution is 5.94. The molecular weight excluding hydrogens is 320 g/mol. The summed E-state index contributed by atoms with van der Waals surface area (Å²) in [4.78, 5) is 16.8. The van der Waals surface area contributed by atoms with Gasteiger partial charge in [0, 0.05) is 43.4 Å². The summed E-state index contributed by atoms with van der Waals surface area (Å²) in [6.45, 7) is 6.72. The van der Waals surface area contributed by atoms with Gasteiger partial charge >= 0.3 is 6.01 Å². The van der Waals surface area contributed by atoms with Crippen molar-refractivity contribution in [2.75, 3.05) is 31.1 Å². The minimum Gasteiger partial charge on any atom is -0.408 e. The Balaban J connectivity index is 1.41. The van der Waals surface area contributed by atoms with Crippen LogP contribution in [-0.4, -0.2) is 57.4 Å². The number of H-pyrrole nitrogens is 1. The van der Waals surface area contributed by atoms with Gasteiger partial charge in [-0.05, 0) is 25.7 Å². The third kappa shape index (κ3) is 3.01. The summed E-state index contributed by atoms with van der Waals surface area (Å²) in [6.07, 6.45) is 4.26. The number of anilines is 1. The molecule has 2 aromatic heterocycles. The number of fused-ring (bicyclic) bond motifs is 1. The predicted octanol–water partition coefficient (Wildman–Crippen LogP) is 1.76. The zero-order chi connectivity index (χ0) is 17.4. The molecule has 1 aliphatic heterocycles. The molecule has 1 aliphatic carbocycles. The van der Waals surface area contributed by atoms with E-state index in [2.05, 4.69) is 20.4 Å². The molecule has 0 unspecified atom stereocenters. The van der Waals surface area contributed by atoms with Crippen molar-refractivity contribution in [1.82, 2.24) is 25.3 Å². The smallest absolute Gasteiger partial charge is 0.318 e. The van der Waals surface area contributed by atoms with Gasteiger partial charge in [-0.2, -0.15) is 5.10 Å². The second-order valence-corrected chi connectivity index (χ2v) is 7.09. The minimum absolute atomic E-state index is 0.0347. The van der Waals surface area contributed by atoms with E-state index >= 15 is 0 Å². The van der Waals surface area contributed by atoms with Gasteiger partial charge in [-0.25, -0.2) is 0 Å². The lowest BCUT2D eigenvalue weighted by Crippen LogP contribution is -2.49. The van der Waals surface area contributed by atoms with Crippen molar-refractivity contribution in [3.63, 3.8) is 0 Å². The molecule has 3 heterocycles. The van der Waals surface area contributed by atoms with E-state index in [-0.39, 0.29) is 11.8 Å². The standard InChI is InChI=1S/C17H24N6O2/c1-11(2)15-20-21-17(25-15)23-9-7-22(8-10-23)16(24)14-12-5-3-4-6-13(12)18-19-14/h11H,3-10H2,1-2H3,(H,18,19). The van der Waals surface area contributed by atoms with Crippen LogP contribution in [0.15, 0.2) is 4.42 Å². The highest BCUT2D eigenvalue weighted by atomic mass is 16.4. The fourth-order valence-corrected chi connectivity index (χ4v) is 3.50. The van der Waals surface area contributed by atoms with Crippen LogP contribution in [0.1, 0.15) is 60.2 Å². The summed E-state index contributed by atoms with van der Waals surface area (Å²) in [5.41, 5.74) is 2.88. The molecule has 1 amide bonds. The first-order valence-electron chi connectivity index (χ1n) is 9.07. The molecule has 8 nitrogen and oxygen atoms in total.